The van der Waals surface area contributed by atoms with Crippen molar-refractivity contribution in [1.29, 1.82) is 0 Å². The number of benzene rings is 1. The number of hydrogen-bond donors (Lipinski definition) is 1. The van der Waals surface area contributed by atoms with Crippen molar-refractivity contribution in [3.05, 3.63) is 45.7 Å². The molecule has 2 aromatic rings. The van der Waals surface area contributed by atoms with Gasteiger partial charge in [0, 0.05) is 10.6 Å². The quantitative estimate of drug-likeness (QED) is 0.946. The average molecular weight is 315 g/mol. The molecule has 2 N–H and O–H groups in total. The summed E-state index contributed by atoms with van der Waals surface area (Å²) < 4.78 is 6.07. The number of nitrogens with zero attached hydrogens (tertiary/aromatic N) is 2. The molecule has 0 aliphatic rings. The Bertz CT molecular complexity index is 536. The molecule has 0 aliphatic carbocycles. The summed E-state index contributed by atoms with van der Waals surface area (Å²) in [7, 11) is 0. The summed E-state index contributed by atoms with van der Waals surface area (Å²) >= 11 is 9.28. The van der Waals surface area contributed by atoms with Crippen LogP contribution in [0.1, 0.15) is 5.56 Å². The highest BCUT2D eigenvalue weighted by Gasteiger charge is 2.08. The first kappa shape index (κ1) is 12.1. The maximum Gasteiger partial charge on any atom is 0.233 e. The highest BCUT2D eigenvalue weighted by atomic mass is 79.9. The molecular weight excluding hydrogens is 305 g/mol. The molecule has 2 rings (SSSR count). The highest BCUT2D eigenvalue weighted by molar-refractivity contribution is 9.10. The summed E-state index contributed by atoms with van der Waals surface area (Å²) in [6.07, 6.45) is 1.35. The molecule has 0 saturated heterocycles. The number of nitrogens with two attached hydrogens (primary N) is 1. The van der Waals surface area contributed by atoms with E-state index in [1.807, 2.05) is 24.3 Å². The lowest BCUT2D eigenvalue weighted by Gasteiger charge is -2.08. The summed E-state index contributed by atoms with van der Waals surface area (Å²) in [6.45, 7) is 0.328. The van der Waals surface area contributed by atoms with Gasteiger partial charge in [-0.15, -0.1) is 0 Å². The molecule has 0 unspecified atom stereocenters. The molecule has 1 aromatic heterocycles. The van der Waals surface area contributed by atoms with E-state index >= 15 is 0 Å². The Balaban J connectivity index is 2.13. The second-order valence-electron chi connectivity index (χ2n) is 3.26. The molecule has 0 amide bonds. The van der Waals surface area contributed by atoms with E-state index in [2.05, 4.69) is 25.9 Å². The molecule has 17 heavy (non-hydrogen) atoms. The zero-order chi connectivity index (χ0) is 12.3. The van der Waals surface area contributed by atoms with Crippen molar-refractivity contribution in [3.63, 3.8) is 0 Å². The predicted molar refractivity (Wildman–Crippen MR) is 69.9 cm³/mol. The molecule has 0 saturated carbocycles. The van der Waals surface area contributed by atoms with Crippen molar-refractivity contribution in [3.8, 4) is 5.88 Å². The third kappa shape index (κ3) is 2.87. The molecule has 1 aromatic carbocycles. The molecule has 0 bridgehead atoms. The van der Waals surface area contributed by atoms with Gasteiger partial charge in [-0.25, -0.2) is 9.97 Å². The first-order valence-corrected chi connectivity index (χ1v) is 5.97. The number of ether oxygens (including phenoxy) is 1. The van der Waals surface area contributed by atoms with Gasteiger partial charge in [0.05, 0.1) is 0 Å². The first-order valence-electron chi connectivity index (χ1n) is 4.80. The number of aromatic nitrogens is 2. The standard InChI is InChI=1S/C11H9BrClN3O/c12-9-10(14)15-6-16-11(9)17-5-7-3-1-2-4-8(7)13/h1-4,6H,5H2,(H2,14,15,16). The van der Waals surface area contributed by atoms with Gasteiger partial charge < -0.3 is 10.5 Å². The van der Waals surface area contributed by atoms with Crippen molar-refractivity contribution in [2.45, 2.75) is 6.61 Å². The van der Waals surface area contributed by atoms with E-state index in [1.54, 1.807) is 0 Å². The van der Waals surface area contributed by atoms with Crippen LogP contribution in [0.3, 0.4) is 0 Å². The zero-order valence-corrected chi connectivity index (χ0v) is 11.1. The normalized spacial score (nSPS) is 10.2. The number of halogens is 2. The van der Waals surface area contributed by atoms with Crippen LogP contribution in [-0.2, 0) is 6.61 Å². The van der Waals surface area contributed by atoms with E-state index in [-0.39, 0.29) is 0 Å². The molecular formula is C11H9BrClN3O. The Morgan fingerprint density at radius 3 is 2.82 bits per heavy atom. The smallest absolute Gasteiger partial charge is 0.233 e. The fourth-order valence-corrected chi connectivity index (χ4v) is 1.74. The van der Waals surface area contributed by atoms with E-state index in [9.17, 15) is 0 Å². The third-order valence-electron chi connectivity index (χ3n) is 2.11. The molecule has 0 aliphatic heterocycles. The van der Waals surface area contributed by atoms with Gasteiger partial charge in [0.15, 0.2) is 0 Å². The largest absolute Gasteiger partial charge is 0.472 e. The minimum absolute atomic E-state index is 0.328. The summed E-state index contributed by atoms with van der Waals surface area (Å²) in [4.78, 5) is 7.81. The van der Waals surface area contributed by atoms with Gasteiger partial charge in [-0.2, -0.15) is 0 Å². The minimum atomic E-state index is 0.328. The van der Waals surface area contributed by atoms with Crippen molar-refractivity contribution in [2.75, 3.05) is 5.73 Å². The second kappa shape index (κ2) is 5.33. The fraction of sp³-hybridized carbons (Fsp3) is 0.0909. The summed E-state index contributed by atoms with van der Waals surface area (Å²) in [5.41, 5.74) is 6.50. The SMILES string of the molecule is Nc1ncnc(OCc2ccccc2Cl)c1Br. The molecule has 88 valence electrons. The minimum Gasteiger partial charge on any atom is -0.472 e. The summed E-state index contributed by atoms with van der Waals surface area (Å²) in [5.74, 6) is 0.742. The maximum atomic E-state index is 6.01. The molecule has 0 atom stereocenters. The van der Waals surface area contributed by atoms with Gasteiger partial charge in [0.1, 0.15) is 23.2 Å². The van der Waals surface area contributed by atoms with Crippen LogP contribution in [0.2, 0.25) is 5.02 Å². The predicted octanol–water partition coefficient (Wildman–Crippen LogP) is 3.05. The molecule has 1 heterocycles. The molecule has 4 nitrogen and oxygen atoms in total. The number of nitrogen functional groups attached to an aromatic ring is 1. The van der Waals surface area contributed by atoms with Crippen molar-refractivity contribution in [2.24, 2.45) is 0 Å². The lowest BCUT2D eigenvalue weighted by Crippen LogP contribution is -2.01. The van der Waals surface area contributed by atoms with Crippen LogP contribution < -0.4 is 10.5 Å². The summed E-state index contributed by atoms with van der Waals surface area (Å²) in [6, 6.07) is 7.46. The average Bonchev–Trinajstić information content (AvgIpc) is 2.33. The van der Waals surface area contributed by atoms with Crippen LogP contribution in [0.15, 0.2) is 35.1 Å². The molecule has 0 radical (unpaired) electrons. The van der Waals surface area contributed by atoms with Gasteiger partial charge in [-0.1, -0.05) is 29.8 Å². The van der Waals surface area contributed by atoms with Crippen LogP contribution in [0.25, 0.3) is 0 Å². The van der Waals surface area contributed by atoms with E-state index in [0.717, 1.165) is 5.56 Å². The number of hydrogen-bond acceptors (Lipinski definition) is 4. The maximum absolute atomic E-state index is 6.01. The Hall–Kier alpha value is -1.33. The Labute approximate surface area is 112 Å². The van der Waals surface area contributed by atoms with Gasteiger partial charge in [0.2, 0.25) is 5.88 Å². The molecule has 0 fully saturated rings. The van der Waals surface area contributed by atoms with Gasteiger partial charge in [-0.3, -0.25) is 0 Å². The van der Waals surface area contributed by atoms with E-state index in [0.29, 0.717) is 27.8 Å². The summed E-state index contributed by atoms with van der Waals surface area (Å²) in [5, 5.41) is 0.658. The lowest BCUT2D eigenvalue weighted by atomic mass is 10.2. The molecule has 0 spiro atoms. The van der Waals surface area contributed by atoms with Crippen molar-refractivity contribution < 1.29 is 4.74 Å². The highest BCUT2D eigenvalue weighted by Crippen LogP contribution is 2.27. The van der Waals surface area contributed by atoms with E-state index in [4.69, 9.17) is 22.1 Å². The van der Waals surface area contributed by atoms with Crippen LogP contribution in [0.5, 0.6) is 5.88 Å². The van der Waals surface area contributed by atoms with E-state index in [1.165, 1.54) is 6.33 Å². The van der Waals surface area contributed by atoms with E-state index < -0.39 is 0 Å². The van der Waals surface area contributed by atoms with Gasteiger partial charge >= 0.3 is 0 Å². The molecule has 6 heteroatoms. The lowest BCUT2D eigenvalue weighted by molar-refractivity contribution is 0.291. The Morgan fingerprint density at radius 2 is 2.06 bits per heavy atom. The first-order chi connectivity index (χ1) is 8.18. The zero-order valence-electron chi connectivity index (χ0n) is 8.73. The number of anilines is 1. The monoisotopic (exact) mass is 313 g/mol. The number of rotatable bonds is 3. The van der Waals surface area contributed by atoms with Gasteiger partial charge in [-0.05, 0) is 22.0 Å². The van der Waals surface area contributed by atoms with Crippen molar-refractivity contribution in [1.82, 2.24) is 9.97 Å². The van der Waals surface area contributed by atoms with Crippen LogP contribution >= 0.6 is 27.5 Å². The topological polar surface area (TPSA) is 61.0 Å². The Morgan fingerprint density at radius 1 is 1.29 bits per heavy atom. The van der Waals surface area contributed by atoms with Crippen molar-refractivity contribution >= 4 is 33.3 Å². The van der Waals surface area contributed by atoms with Crippen LogP contribution in [0.4, 0.5) is 5.82 Å². The second-order valence-corrected chi connectivity index (χ2v) is 4.46. The van der Waals surface area contributed by atoms with Crippen LogP contribution in [-0.4, -0.2) is 9.97 Å². The van der Waals surface area contributed by atoms with Gasteiger partial charge in [0.25, 0.3) is 0 Å². The third-order valence-corrected chi connectivity index (χ3v) is 3.22. The van der Waals surface area contributed by atoms with Crippen LogP contribution in [0, 0.1) is 0 Å². The Kier molecular flexibility index (Phi) is 3.81. The fourth-order valence-electron chi connectivity index (χ4n) is 1.23.